The van der Waals surface area contributed by atoms with Gasteiger partial charge in [0.25, 0.3) is 5.69 Å². The molecule has 1 fully saturated rings. The molecule has 0 spiro atoms. The third-order valence-corrected chi connectivity index (χ3v) is 3.51. The summed E-state index contributed by atoms with van der Waals surface area (Å²) in [7, 11) is 1.59. The number of nitrogens with one attached hydrogen (secondary N) is 2. The highest BCUT2D eigenvalue weighted by Crippen LogP contribution is 2.26. The molecule has 1 amide bonds. The van der Waals surface area contributed by atoms with Crippen molar-refractivity contribution in [2.45, 2.75) is 13.0 Å². The van der Waals surface area contributed by atoms with E-state index in [1.54, 1.807) is 20.0 Å². The summed E-state index contributed by atoms with van der Waals surface area (Å²) in [5.74, 6) is -0.0968. The quantitative estimate of drug-likeness (QED) is 0.618. The van der Waals surface area contributed by atoms with E-state index in [1.807, 2.05) is 11.0 Å². The molecule has 7 heteroatoms. The van der Waals surface area contributed by atoms with Crippen LogP contribution in [0.15, 0.2) is 18.2 Å². The number of likely N-dealkylation sites (N-methyl/N-ethyl adjacent to an activating group) is 1. The number of hydrogen-bond donors (Lipinski definition) is 2. The summed E-state index contributed by atoms with van der Waals surface area (Å²) in [4.78, 5) is 24.4. The lowest BCUT2D eigenvalue weighted by Crippen LogP contribution is -2.57. The number of carbonyl (C=O) groups is 1. The predicted molar refractivity (Wildman–Crippen MR) is 75.9 cm³/mol. The summed E-state index contributed by atoms with van der Waals surface area (Å²) < 4.78 is 0. The molecule has 1 aliphatic heterocycles. The standard InChI is InChI=1S/C13H18N4O3/c1-9-3-4-10(7-11(9)17(19)20)16-6-5-15-8-12(16)13(18)14-2/h3-4,7,12,15H,5-6,8H2,1-2H3,(H,14,18). The third kappa shape index (κ3) is 2.72. The number of rotatable bonds is 3. The van der Waals surface area contributed by atoms with E-state index >= 15 is 0 Å². The second-order valence-corrected chi connectivity index (χ2v) is 4.76. The molecule has 2 N–H and O–H groups in total. The highest BCUT2D eigenvalue weighted by atomic mass is 16.6. The number of benzene rings is 1. The highest BCUT2D eigenvalue weighted by molar-refractivity contribution is 5.85. The van der Waals surface area contributed by atoms with Crippen LogP contribution in [0.3, 0.4) is 0 Å². The van der Waals surface area contributed by atoms with Gasteiger partial charge in [-0.15, -0.1) is 0 Å². The van der Waals surface area contributed by atoms with Crippen molar-refractivity contribution in [3.05, 3.63) is 33.9 Å². The minimum atomic E-state index is -0.393. The normalized spacial score (nSPS) is 18.7. The van der Waals surface area contributed by atoms with E-state index in [4.69, 9.17) is 0 Å². The molecule has 0 aromatic heterocycles. The maximum absolute atomic E-state index is 11.9. The van der Waals surface area contributed by atoms with Crippen LogP contribution in [-0.4, -0.2) is 43.6 Å². The summed E-state index contributed by atoms with van der Waals surface area (Å²) in [5.41, 5.74) is 1.40. The van der Waals surface area contributed by atoms with Crippen molar-refractivity contribution in [3.8, 4) is 0 Å². The van der Waals surface area contributed by atoms with Gasteiger partial charge in [0.1, 0.15) is 6.04 Å². The molecule has 1 saturated heterocycles. The second-order valence-electron chi connectivity index (χ2n) is 4.76. The van der Waals surface area contributed by atoms with E-state index in [0.29, 0.717) is 24.3 Å². The van der Waals surface area contributed by atoms with E-state index in [0.717, 1.165) is 6.54 Å². The first-order valence-corrected chi connectivity index (χ1v) is 6.48. The Labute approximate surface area is 117 Å². The largest absolute Gasteiger partial charge is 0.357 e. The van der Waals surface area contributed by atoms with Crippen LogP contribution in [0.25, 0.3) is 0 Å². The predicted octanol–water partition coefficient (Wildman–Crippen LogP) is 0.427. The van der Waals surface area contributed by atoms with Gasteiger partial charge >= 0.3 is 0 Å². The van der Waals surface area contributed by atoms with Crippen LogP contribution in [0.4, 0.5) is 11.4 Å². The zero-order valence-corrected chi connectivity index (χ0v) is 11.5. The lowest BCUT2D eigenvalue weighted by atomic mass is 10.1. The van der Waals surface area contributed by atoms with E-state index < -0.39 is 4.92 Å². The van der Waals surface area contributed by atoms with Gasteiger partial charge in [0.15, 0.2) is 0 Å². The van der Waals surface area contributed by atoms with Crippen molar-refractivity contribution in [3.63, 3.8) is 0 Å². The Morgan fingerprint density at radius 2 is 2.30 bits per heavy atom. The Morgan fingerprint density at radius 1 is 1.55 bits per heavy atom. The second kappa shape index (κ2) is 5.87. The minimum absolute atomic E-state index is 0.0803. The van der Waals surface area contributed by atoms with Gasteiger partial charge in [-0.2, -0.15) is 0 Å². The lowest BCUT2D eigenvalue weighted by molar-refractivity contribution is -0.385. The van der Waals surface area contributed by atoms with Gasteiger partial charge in [0.2, 0.25) is 5.91 Å². The highest BCUT2D eigenvalue weighted by Gasteiger charge is 2.29. The van der Waals surface area contributed by atoms with Gasteiger partial charge in [-0.25, -0.2) is 0 Å². The lowest BCUT2D eigenvalue weighted by Gasteiger charge is -2.36. The van der Waals surface area contributed by atoms with Gasteiger partial charge in [-0.05, 0) is 13.0 Å². The van der Waals surface area contributed by atoms with Gasteiger partial charge in [0, 0.05) is 44.0 Å². The maximum atomic E-state index is 11.9. The number of aryl methyl sites for hydroxylation is 1. The van der Waals surface area contributed by atoms with Gasteiger partial charge in [-0.1, -0.05) is 6.07 Å². The van der Waals surface area contributed by atoms with Crippen LogP contribution in [0, 0.1) is 17.0 Å². The fourth-order valence-electron chi connectivity index (χ4n) is 2.39. The SMILES string of the molecule is CNC(=O)C1CNCCN1c1ccc(C)c([N+](=O)[O-])c1. The van der Waals surface area contributed by atoms with Crippen LogP contribution in [0.2, 0.25) is 0 Å². The van der Waals surface area contributed by atoms with Crippen molar-refractivity contribution in [1.29, 1.82) is 0 Å². The molecule has 108 valence electrons. The Kier molecular flexibility index (Phi) is 4.19. The maximum Gasteiger partial charge on any atom is 0.274 e. The zero-order chi connectivity index (χ0) is 14.7. The molecule has 1 heterocycles. The first kappa shape index (κ1) is 14.3. The first-order valence-electron chi connectivity index (χ1n) is 6.48. The summed E-state index contributed by atoms with van der Waals surface area (Å²) >= 11 is 0. The smallest absolute Gasteiger partial charge is 0.274 e. The molecular formula is C13H18N4O3. The molecule has 1 atom stereocenters. The van der Waals surface area contributed by atoms with Crippen molar-refractivity contribution in [2.24, 2.45) is 0 Å². The molecule has 1 unspecified atom stereocenters. The summed E-state index contributed by atoms with van der Waals surface area (Å²) in [6, 6.07) is 4.73. The minimum Gasteiger partial charge on any atom is -0.357 e. The fraction of sp³-hybridized carbons (Fsp3) is 0.462. The molecule has 20 heavy (non-hydrogen) atoms. The van der Waals surface area contributed by atoms with Gasteiger partial charge in [-0.3, -0.25) is 14.9 Å². The molecular weight excluding hydrogens is 260 g/mol. The number of carbonyl (C=O) groups excluding carboxylic acids is 1. The third-order valence-electron chi connectivity index (χ3n) is 3.51. The number of nitro benzene ring substituents is 1. The molecule has 1 aliphatic rings. The number of nitrogens with zero attached hydrogens (tertiary/aromatic N) is 2. The molecule has 1 aromatic carbocycles. The molecule has 0 saturated carbocycles. The van der Waals surface area contributed by atoms with E-state index in [2.05, 4.69) is 10.6 Å². The average Bonchev–Trinajstić information content (AvgIpc) is 2.46. The zero-order valence-electron chi connectivity index (χ0n) is 11.5. The van der Waals surface area contributed by atoms with E-state index in [1.165, 1.54) is 6.07 Å². The van der Waals surface area contributed by atoms with Crippen LogP contribution in [0.1, 0.15) is 5.56 Å². The van der Waals surface area contributed by atoms with Crippen molar-refractivity contribution in [2.75, 3.05) is 31.6 Å². The van der Waals surface area contributed by atoms with Crippen LogP contribution >= 0.6 is 0 Å². The molecule has 2 rings (SSSR count). The Bertz CT molecular complexity index is 532. The van der Waals surface area contributed by atoms with Crippen molar-refractivity contribution in [1.82, 2.24) is 10.6 Å². The summed E-state index contributed by atoms with van der Waals surface area (Å²) in [6.07, 6.45) is 0. The number of amides is 1. The number of hydrogen-bond acceptors (Lipinski definition) is 5. The summed E-state index contributed by atoms with van der Waals surface area (Å²) in [6.45, 7) is 3.62. The van der Waals surface area contributed by atoms with Crippen molar-refractivity contribution < 1.29 is 9.72 Å². The topological polar surface area (TPSA) is 87.5 Å². The molecule has 0 radical (unpaired) electrons. The van der Waals surface area contributed by atoms with Crippen LogP contribution in [0.5, 0.6) is 0 Å². The van der Waals surface area contributed by atoms with Gasteiger partial charge in [0.05, 0.1) is 4.92 Å². The van der Waals surface area contributed by atoms with Crippen molar-refractivity contribution >= 4 is 17.3 Å². The van der Waals surface area contributed by atoms with E-state index in [9.17, 15) is 14.9 Å². The average molecular weight is 278 g/mol. The number of piperazine rings is 1. The Hall–Kier alpha value is -2.15. The van der Waals surface area contributed by atoms with Crippen LogP contribution in [-0.2, 0) is 4.79 Å². The molecule has 0 aliphatic carbocycles. The Balaban J connectivity index is 2.35. The molecule has 1 aromatic rings. The Morgan fingerprint density at radius 3 is 2.95 bits per heavy atom. The first-order chi connectivity index (χ1) is 9.54. The number of nitro groups is 1. The summed E-state index contributed by atoms with van der Waals surface area (Å²) in [5, 5.41) is 16.8. The van der Waals surface area contributed by atoms with Gasteiger partial charge < -0.3 is 15.5 Å². The molecule has 0 bridgehead atoms. The number of anilines is 1. The fourth-order valence-corrected chi connectivity index (χ4v) is 2.39. The molecule has 7 nitrogen and oxygen atoms in total. The van der Waals surface area contributed by atoms with Crippen LogP contribution < -0.4 is 15.5 Å². The monoisotopic (exact) mass is 278 g/mol. The van der Waals surface area contributed by atoms with E-state index in [-0.39, 0.29) is 17.6 Å².